The van der Waals surface area contributed by atoms with Gasteiger partial charge in [0, 0.05) is 18.2 Å². The van der Waals surface area contributed by atoms with Crippen LogP contribution in [0.25, 0.3) is 10.9 Å². The number of hydrogen-bond donors (Lipinski definition) is 1. The lowest BCUT2D eigenvalue weighted by molar-refractivity contribution is 0.214. The lowest BCUT2D eigenvalue weighted by Crippen LogP contribution is -2.35. The maximum absolute atomic E-state index is 13.5. The van der Waals surface area contributed by atoms with Crippen molar-refractivity contribution in [2.75, 3.05) is 13.7 Å². The van der Waals surface area contributed by atoms with Gasteiger partial charge in [-0.1, -0.05) is 67.6 Å². The van der Waals surface area contributed by atoms with Crippen LogP contribution in [0.5, 0.6) is 5.75 Å². The van der Waals surface area contributed by atoms with Gasteiger partial charge in [-0.25, -0.2) is 4.68 Å². The molecule has 5 rings (SSSR count). The molecule has 36 heavy (non-hydrogen) atoms. The number of pyridine rings is 1. The van der Waals surface area contributed by atoms with Gasteiger partial charge in [0.1, 0.15) is 11.8 Å². The second-order valence-electron chi connectivity index (χ2n) is 8.64. The topological polar surface area (TPSA) is 88.9 Å². The van der Waals surface area contributed by atoms with Crippen LogP contribution < -0.4 is 10.3 Å². The van der Waals surface area contributed by atoms with Gasteiger partial charge in [-0.3, -0.25) is 9.69 Å². The highest BCUT2D eigenvalue weighted by Gasteiger charge is 2.30. The van der Waals surface area contributed by atoms with Gasteiger partial charge in [-0.2, -0.15) is 0 Å². The number of rotatable bonds is 9. The third kappa shape index (κ3) is 4.89. The van der Waals surface area contributed by atoms with Gasteiger partial charge in [0.2, 0.25) is 0 Å². The minimum Gasteiger partial charge on any atom is -0.497 e. The van der Waals surface area contributed by atoms with E-state index in [1.807, 2.05) is 72.8 Å². The zero-order valence-electron chi connectivity index (χ0n) is 20.3. The molecule has 0 saturated carbocycles. The molecule has 0 aliphatic heterocycles. The van der Waals surface area contributed by atoms with Crippen molar-refractivity contribution in [3.05, 3.63) is 118 Å². The van der Waals surface area contributed by atoms with Crippen LogP contribution >= 0.6 is 0 Å². The Morgan fingerprint density at radius 3 is 2.39 bits per heavy atom. The summed E-state index contributed by atoms with van der Waals surface area (Å²) in [6.07, 6.45) is 0. The Hall–Kier alpha value is -4.30. The molecule has 0 amide bonds. The first-order valence-electron chi connectivity index (χ1n) is 11.9. The van der Waals surface area contributed by atoms with Crippen molar-refractivity contribution in [3.8, 4) is 5.75 Å². The number of fused-ring (bicyclic) bond motifs is 1. The Morgan fingerprint density at radius 2 is 1.69 bits per heavy atom. The first kappa shape index (κ1) is 23.4. The molecule has 8 heteroatoms. The van der Waals surface area contributed by atoms with Crippen LogP contribution in [0, 0.1) is 0 Å². The summed E-state index contributed by atoms with van der Waals surface area (Å²) in [7, 11) is 1.61. The van der Waals surface area contributed by atoms with Crippen LogP contribution in [0.3, 0.4) is 0 Å². The molecular formula is C28H28N6O2. The second-order valence-corrected chi connectivity index (χ2v) is 8.64. The number of methoxy groups -OCH3 is 1. The van der Waals surface area contributed by atoms with Crippen LogP contribution in [-0.4, -0.2) is 43.7 Å². The fraction of sp³-hybridized carbons (Fsp3) is 0.214. The summed E-state index contributed by atoms with van der Waals surface area (Å²) in [6.45, 7) is 3.92. The highest BCUT2D eigenvalue weighted by Crippen LogP contribution is 2.29. The number of benzene rings is 3. The molecule has 5 aromatic rings. The van der Waals surface area contributed by atoms with Crippen molar-refractivity contribution in [1.82, 2.24) is 30.1 Å². The predicted octanol–water partition coefficient (Wildman–Crippen LogP) is 4.18. The van der Waals surface area contributed by atoms with E-state index in [0.717, 1.165) is 22.0 Å². The molecule has 0 bridgehead atoms. The molecular weight excluding hydrogens is 452 g/mol. The lowest BCUT2D eigenvalue weighted by Gasteiger charge is -2.30. The van der Waals surface area contributed by atoms with Gasteiger partial charge in [0.25, 0.3) is 5.56 Å². The largest absolute Gasteiger partial charge is 0.497 e. The summed E-state index contributed by atoms with van der Waals surface area (Å²) in [5.41, 5.74) is 3.36. The van der Waals surface area contributed by atoms with Gasteiger partial charge in [0.15, 0.2) is 5.82 Å². The van der Waals surface area contributed by atoms with Crippen molar-refractivity contribution in [3.63, 3.8) is 0 Å². The van der Waals surface area contributed by atoms with E-state index < -0.39 is 6.04 Å². The molecule has 3 aromatic carbocycles. The fourth-order valence-corrected chi connectivity index (χ4v) is 4.51. The standard InChI is InChI=1S/C28H28N6O2/c1-3-33(18-20-10-6-4-7-11-20)26(27-30-31-32-34(27)19-21-12-8-5-9-13-21)24-16-22-14-15-23(36-2)17-25(22)29-28(24)35/h4-17,26H,3,18-19H2,1-2H3,(H,29,35)/t26-/m1/s1. The molecule has 2 aromatic heterocycles. The minimum absolute atomic E-state index is 0.179. The maximum atomic E-state index is 13.5. The van der Waals surface area contributed by atoms with Crippen molar-refractivity contribution >= 4 is 10.9 Å². The Kier molecular flexibility index (Phi) is 6.86. The molecule has 8 nitrogen and oxygen atoms in total. The molecule has 2 heterocycles. The number of ether oxygens (including phenoxy) is 1. The Balaban J connectivity index is 1.63. The zero-order valence-corrected chi connectivity index (χ0v) is 20.3. The number of tetrazole rings is 1. The van der Waals surface area contributed by atoms with E-state index in [2.05, 4.69) is 44.5 Å². The number of nitrogens with zero attached hydrogens (tertiary/aromatic N) is 5. The molecule has 0 spiro atoms. The zero-order chi connectivity index (χ0) is 24.9. The number of aromatic amines is 1. The fourth-order valence-electron chi connectivity index (χ4n) is 4.51. The summed E-state index contributed by atoms with van der Waals surface area (Å²) in [5.74, 6) is 1.31. The first-order chi connectivity index (χ1) is 17.7. The molecule has 0 aliphatic rings. The Morgan fingerprint density at radius 1 is 0.972 bits per heavy atom. The van der Waals surface area contributed by atoms with Crippen LogP contribution in [0.15, 0.2) is 89.7 Å². The van der Waals surface area contributed by atoms with E-state index in [-0.39, 0.29) is 5.56 Å². The first-order valence-corrected chi connectivity index (χ1v) is 11.9. The molecule has 0 radical (unpaired) electrons. The molecule has 182 valence electrons. The van der Waals surface area contributed by atoms with Crippen LogP contribution in [0.4, 0.5) is 0 Å². The van der Waals surface area contributed by atoms with Crippen molar-refractivity contribution < 1.29 is 4.74 Å². The summed E-state index contributed by atoms with van der Waals surface area (Å²) in [4.78, 5) is 18.8. The number of hydrogen-bond acceptors (Lipinski definition) is 6. The number of nitrogens with one attached hydrogen (secondary N) is 1. The lowest BCUT2D eigenvalue weighted by atomic mass is 10.0. The molecule has 1 atom stereocenters. The smallest absolute Gasteiger partial charge is 0.253 e. The van der Waals surface area contributed by atoms with E-state index in [1.165, 1.54) is 0 Å². The van der Waals surface area contributed by atoms with E-state index >= 15 is 0 Å². The van der Waals surface area contributed by atoms with E-state index in [1.54, 1.807) is 11.8 Å². The van der Waals surface area contributed by atoms with Crippen LogP contribution in [0.1, 0.15) is 35.5 Å². The maximum Gasteiger partial charge on any atom is 0.253 e. The SMILES string of the molecule is CCN(Cc1ccccc1)[C@H](c1cc2ccc(OC)cc2[nH]c1=O)c1nnnn1Cc1ccccc1. The third-order valence-corrected chi connectivity index (χ3v) is 6.36. The minimum atomic E-state index is -0.454. The summed E-state index contributed by atoms with van der Waals surface area (Å²) < 4.78 is 7.12. The van der Waals surface area contributed by atoms with Gasteiger partial charge in [-0.15, -0.1) is 5.10 Å². The quantitative estimate of drug-likeness (QED) is 0.340. The molecule has 0 unspecified atom stereocenters. The molecule has 1 N–H and O–H groups in total. The van der Waals surface area contributed by atoms with Gasteiger partial charge in [0.05, 0.1) is 19.2 Å². The van der Waals surface area contributed by atoms with Gasteiger partial charge in [-0.05, 0) is 51.7 Å². The van der Waals surface area contributed by atoms with E-state index in [4.69, 9.17) is 4.74 Å². The van der Waals surface area contributed by atoms with Crippen LogP contribution in [-0.2, 0) is 13.1 Å². The number of H-pyrrole nitrogens is 1. The van der Waals surface area contributed by atoms with Crippen molar-refractivity contribution in [1.29, 1.82) is 0 Å². The average molecular weight is 481 g/mol. The molecule has 0 fully saturated rings. The number of aromatic nitrogens is 5. The third-order valence-electron chi connectivity index (χ3n) is 6.36. The highest BCUT2D eigenvalue weighted by molar-refractivity contribution is 5.80. The monoisotopic (exact) mass is 480 g/mol. The van der Waals surface area contributed by atoms with Crippen LogP contribution in [0.2, 0.25) is 0 Å². The average Bonchev–Trinajstić information content (AvgIpc) is 3.36. The van der Waals surface area contributed by atoms with Crippen molar-refractivity contribution in [2.24, 2.45) is 0 Å². The Labute approximate surface area is 209 Å². The predicted molar refractivity (Wildman–Crippen MR) is 139 cm³/mol. The summed E-state index contributed by atoms with van der Waals surface area (Å²) >= 11 is 0. The molecule has 0 saturated heterocycles. The summed E-state index contributed by atoms with van der Waals surface area (Å²) in [5, 5.41) is 13.7. The summed E-state index contributed by atoms with van der Waals surface area (Å²) in [6, 6.07) is 27.4. The van der Waals surface area contributed by atoms with E-state index in [9.17, 15) is 4.79 Å². The van der Waals surface area contributed by atoms with E-state index in [0.29, 0.717) is 36.8 Å². The van der Waals surface area contributed by atoms with Gasteiger partial charge < -0.3 is 9.72 Å². The van der Waals surface area contributed by atoms with Crippen molar-refractivity contribution in [2.45, 2.75) is 26.1 Å². The van der Waals surface area contributed by atoms with Gasteiger partial charge >= 0.3 is 0 Å². The highest BCUT2D eigenvalue weighted by atomic mass is 16.5. The second kappa shape index (κ2) is 10.5. The molecule has 0 aliphatic carbocycles. The Bertz CT molecular complexity index is 1500. The normalized spacial score (nSPS) is 12.2.